The van der Waals surface area contributed by atoms with E-state index in [0.29, 0.717) is 21.7 Å². The average molecular weight is 392 g/mol. The number of hydrogen-bond donors (Lipinski definition) is 2. The summed E-state index contributed by atoms with van der Waals surface area (Å²) >= 11 is 6.16. The minimum absolute atomic E-state index is 0.193. The molecule has 0 radical (unpaired) electrons. The molecule has 0 bridgehead atoms. The van der Waals surface area contributed by atoms with Crippen molar-refractivity contribution in [2.45, 2.75) is 44.8 Å². The molecule has 1 aromatic heterocycles. The number of amides is 2. The quantitative estimate of drug-likeness (QED) is 0.812. The van der Waals surface area contributed by atoms with Crippen LogP contribution in [0.4, 0.5) is 4.79 Å². The van der Waals surface area contributed by atoms with Crippen molar-refractivity contribution in [2.24, 2.45) is 5.73 Å². The third-order valence-corrected chi connectivity index (χ3v) is 4.51. The number of pyridine rings is 1. The number of hydrogen-bond acceptors (Lipinski definition) is 5. The van der Waals surface area contributed by atoms with E-state index in [9.17, 15) is 9.59 Å². The molecule has 0 saturated heterocycles. The minimum atomic E-state index is -0.628. The van der Waals surface area contributed by atoms with E-state index in [4.69, 9.17) is 26.8 Å². The first-order chi connectivity index (χ1) is 12.6. The number of fused-ring (bicyclic) bond motifs is 1. The fraction of sp³-hybridized carbons (Fsp3) is 0.421. The number of ether oxygens (including phenoxy) is 2. The molecule has 1 aliphatic rings. The maximum atomic E-state index is 12.0. The molecule has 0 aliphatic heterocycles. The standard InChI is InChI=1S/C19H22ClN3O4/c1-18(2,3)27-17(25)23-19(5-6-19)10-26-15-9-14-11(8-12(15)16(21)24)13(20)4-7-22-14/h4,7-9H,5-6,10H2,1-3H3,(H2,21,24)(H,23,25). The van der Waals surface area contributed by atoms with Crippen molar-refractivity contribution >= 4 is 34.5 Å². The van der Waals surface area contributed by atoms with Gasteiger partial charge in [0, 0.05) is 17.6 Å². The van der Waals surface area contributed by atoms with Crippen LogP contribution in [-0.4, -0.2) is 34.7 Å². The van der Waals surface area contributed by atoms with Gasteiger partial charge in [0.15, 0.2) is 0 Å². The summed E-state index contributed by atoms with van der Waals surface area (Å²) in [7, 11) is 0. The van der Waals surface area contributed by atoms with Gasteiger partial charge in [-0.1, -0.05) is 11.6 Å². The molecule has 0 unspecified atom stereocenters. The first kappa shape index (κ1) is 19.2. The molecule has 0 atom stereocenters. The molecule has 27 heavy (non-hydrogen) atoms. The van der Waals surface area contributed by atoms with Gasteiger partial charge in [0.1, 0.15) is 18.0 Å². The minimum Gasteiger partial charge on any atom is -0.490 e. The molecule has 2 aromatic rings. The van der Waals surface area contributed by atoms with Gasteiger partial charge < -0.3 is 20.5 Å². The van der Waals surface area contributed by atoms with Crippen LogP contribution in [0.5, 0.6) is 5.75 Å². The van der Waals surface area contributed by atoms with Gasteiger partial charge in [-0.3, -0.25) is 9.78 Å². The Bertz CT molecular complexity index is 904. The van der Waals surface area contributed by atoms with Crippen molar-refractivity contribution in [1.82, 2.24) is 10.3 Å². The summed E-state index contributed by atoms with van der Waals surface area (Å²) in [5.74, 6) is -0.321. The lowest BCUT2D eigenvalue weighted by Crippen LogP contribution is -2.44. The van der Waals surface area contributed by atoms with Crippen molar-refractivity contribution in [3.05, 3.63) is 35.0 Å². The maximum absolute atomic E-state index is 12.0. The molecule has 144 valence electrons. The molecule has 1 heterocycles. The Morgan fingerprint density at radius 2 is 2.04 bits per heavy atom. The van der Waals surface area contributed by atoms with E-state index in [1.807, 2.05) is 0 Å². The molecule has 8 heteroatoms. The highest BCUT2D eigenvalue weighted by Gasteiger charge is 2.46. The van der Waals surface area contributed by atoms with E-state index in [1.165, 1.54) is 0 Å². The Labute approximate surface area is 162 Å². The number of carbonyl (C=O) groups is 2. The Hall–Kier alpha value is -2.54. The van der Waals surface area contributed by atoms with Crippen LogP contribution in [-0.2, 0) is 4.74 Å². The predicted molar refractivity (Wildman–Crippen MR) is 102 cm³/mol. The highest BCUT2D eigenvalue weighted by molar-refractivity contribution is 6.35. The van der Waals surface area contributed by atoms with E-state index in [0.717, 1.165) is 12.8 Å². The molecule has 1 saturated carbocycles. The van der Waals surface area contributed by atoms with Crippen molar-refractivity contribution in [1.29, 1.82) is 0 Å². The highest BCUT2D eigenvalue weighted by Crippen LogP contribution is 2.37. The Balaban J connectivity index is 1.77. The number of nitrogens with two attached hydrogens (primary N) is 1. The molecule has 1 aromatic carbocycles. The zero-order valence-electron chi connectivity index (χ0n) is 15.5. The third-order valence-electron chi connectivity index (χ3n) is 4.18. The number of halogens is 1. The fourth-order valence-corrected chi connectivity index (χ4v) is 2.85. The van der Waals surface area contributed by atoms with Crippen LogP contribution in [0.1, 0.15) is 44.0 Å². The summed E-state index contributed by atoms with van der Waals surface area (Å²) in [6.07, 6.45) is 2.60. The van der Waals surface area contributed by atoms with E-state index in [-0.39, 0.29) is 12.2 Å². The van der Waals surface area contributed by atoms with Crippen LogP contribution >= 0.6 is 11.6 Å². The lowest BCUT2D eigenvalue weighted by molar-refractivity contribution is 0.0476. The lowest BCUT2D eigenvalue weighted by atomic mass is 10.1. The summed E-state index contributed by atoms with van der Waals surface area (Å²) < 4.78 is 11.1. The first-order valence-corrected chi connectivity index (χ1v) is 8.98. The lowest BCUT2D eigenvalue weighted by Gasteiger charge is -2.24. The molecule has 2 amide bonds. The summed E-state index contributed by atoms with van der Waals surface area (Å²) in [6.45, 7) is 5.59. The van der Waals surface area contributed by atoms with E-state index in [2.05, 4.69) is 10.3 Å². The normalized spacial score (nSPS) is 15.3. The van der Waals surface area contributed by atoms with Gasteiger partial charge in [0.25, 0.3) is 5.91 Å². The number of rotatable bonds is 5. The summed E-state index contributed by atoms with van der Waals surface area (Å²) in [4.78, 5) is 28.1. The van der Waals surface area contributed by atoms with Gasteiger partial charge in [-0.05, 0) is 45.7 Å². The first-order valence-electron chi connectivity index (χ1n) is 8.61. The SMILES string of the molecule is CC(C)(C)OC(=O)NC1(COc2cc3nccc(Cl)c3cc2C(N)=O)CC1. The predicted octanol–water partition coefficient (Wildman–Crippen LogP) is 3.42. The number of aromatic nitrogens is 1. The van der Waals surface area contributed by atoms with Crippen LogP contribution in [0.25, 0.3) is 10.9 Å². The average Bonchev–Trinajstić information content (AvgIpc) is 3.30. The number of alkyl carbamates (subject to hydrolysis) is 1. The Kier molecular flexibility index (Phi) is 4.90. The summed E-state index contributed by atoms with van der Waals surface area (Å²) in [5.41, 5.74) is 5.21. The molecule has 1 fully saturated rings. The molecule has 1 aliphatic carbocycles. The van der Waals surface area contributed by atoms with Crippen molar-refractivity contribution in [2.75, 3.05) is 6.61 Å². The zero-order chi connectivity index (χ0) is 19.8. The molecule has 0 spiro atoms. The van der Waals surface area contributed by atoms with Crippen LogP contribution in [0, 0.1) is 0 Å². The van der Waals surface area contributed by atoms with Crippen molar-refractivity contribution in [3.63, 3.8) is 0 Å². The van der Waals surface area contributed by atoms with Crippen molar-refractivity contribution < 1.29 is 19.1 Å². The van der Waals surface area contributed by atoms with Gasteiger partial charge >= 0.3 is 6.09 Å². The second kappa shape index (κ2) is 6.88. The van der Waals surface area contributed by atoms with Crippen LogP contribution in [0.3, 0.4) is 0 Å². The van der Waals surface area contributed by atoms with Gasteiger partial charge in [0.05, 0.1) is 21.6 Å². The molecule has 3 rings (SSSR count). The largest absolute Gasteiger partial charge is 0.490 e. The van der Waals surface area contributed by atoms with Crippen LogP contribution in [0.2, 0.25) is 5.02 Å². The molecular weight excluding hydrogens is 370 g/mol. The molecule has 7 nitrogen and oxygen atoms in total. The van der Waals surface area contributed by atoms with Gasteiger partial charge in [-0.15, -0.1) is 0 Å². The Morgan fingerprint density at radius 1 is 1.33 bits per heavy atom. The van der Waals surface area contributed by atoms with E-state index < -0.39 is 23.1 Å². The third kappa shape index (κ3) is 4.60. The van der Waals surface area contributed by atoms with Gasteiger partial charge in [-0.2, -0.15) is 0 Å². The van der Waals surface area contributed by atoms with Crippen molar-refractivity contribution in [3.8, 4) is 5.75 Å². The summed E-state index contributed by atoms with van der Waals surface area (Å²) in [5, 5.41) is 3.94. The number of benzene rings is 1. The molecular formula is C19H22ClN3O4. The monoisotopic (exact) mass is 391 g/mol. The smallest absolute Gasteiger partial charge is 0.408 e. The molecule has 3 N–H and O–H groups in total. The number of primary amides is 1. The van der Waals surface area contributed by atoms with Crippen LogP contribution < -0.4 is 15.8 Å². The second-order valence-electron chi connectivity index (χ2n) is 7.72. The number of nitrogens with one attached hydrogen (secondary N) is 1. The zero-order valence-corrected chi connectivity index (χ0v) is 16.2. The van der Waals surface area contributed by atoms with Crippen LogP contribution in [0.15, 0.2) is 24.4 Å². The fourth-order valence-electron chi connectivity index (χ4n) is 2.64. The maximum Gasteiger partial charge on any atom is 0.408 e. The van der Waals surface area contributed by atoms with Gasteiger partial charge in [0.2, 0.25) is 0 Å². The topological polar surface area (TPSA) is 104 Å². The highest BCUT2D eigenvalue weighted by atomic mass is 35.5. The second-order valence-corrected chi connectivity index (χ2v) is 8.13. The Morgan fingerprint density at radius 3 is 2.63 bits per heavy atom. The summed E-state index contributed by atoms with van der Waals surface area (Å²) in [6, 6.07) is 4.84. The van der Waals surface area contributed by atoms with E-state index >= 15 is 0 Å². The van der Waals surface area contributed by atoms with E-state index in [1.54, 1.807) is 45.2 Å². The van der Waals surface area contributed by atoms with Gasteiger partial charge in [-0.25, -0.2) is 4.79 Å². The number of nitrogens with zero attached hydrogens (tertiary/aromatic N) is 1. The number of carbonyl (C=O) groups excluding carboxylic acids is 2.